The minimum absolute atomic E-state index is 0.140. The van der Waals surface area contributed by atoms with Gasteiger partial charge in [0.25, 0.3) is 0 Å². The normalized spacial score (nSPS) is 11.4. The Kier molecular flexibility index (Phi) is 4.39. The lowest BCUT2D eigenvalue weighted by Gasteiger charge is -2.10. The first-order chi connectivity index (χ1) is 13.0. The number of furan rings is 1. The van der Waals surface area contributed by atoms with E-state index < -0.39 is 0 Å². The number of nitrogens with zero attached hydrogens (tertiary/aromatic N) is 3. The third-order valence-electron chi connectivity index (χ3n) is 4.72. The first kappa shape index (κ1) is 17.3. The van der Waals surface area contributed by atoms with Gasteiger partial charge >= 0.3 is 5.97 Å². The molecule has 6 heteroatoms. The summed E-state index contributed by atoms with van der Waals surface area (Å²) in [5.41, 5.74) is 5.52. The van der Waals surface area contributed by atoms with Crippen molar-refractivity contribution in [2.75, 3.05) is 0 Å². The van der Waals surface area contributed by atoms with Gasteiger partial charge in [0.1, 0.15) is 18.0 Å². The van der Waals surface area contributed by atoms with Crippen LogP contribution < -0.4 is 0 Å². The molecule has 1 aromatic carbocycles. The molecule has 4 rings (SSSR count). The van der Waals surface area contributed by atoms with Gasteiger partial charge in [-0.1, -0.05) is 18.2 Å². The average Bonchev–Trinajstić information content (AvgIpc) is 3.22. The number of carbonyl (C=O) groups is 1. The lowest BCUT2D eigenvalue weighted by Crippen LogP contribution is -2.10. The molecule has 0 atom stereocenters. The van der Waals surface area contributed by atoms with Crippen molar-refractivity contribution >= 4 is 22.6 Å². The standard InChI is InChI=1S/C21H21N3O3/c1-13-10-20-22-14(2)18(15(3)24(20)23-13)8-9-21(25)26-12-17-11-16-6-4-5-7-19(16)27-17/h4-7,10-11H,8-9,12H2,1-3H3. The zero-order valence-corrected chi connectivity index (χ0v) is 15.7. The molecule has 0 fully saturated rings. The van der Waals surface area contributed by atoms with E-state index in [0.29, 0.717) is 12.2 Å². The molecular weight excluding hydrogens is 342 g/mol. The van der Waals surface area contributed by atoms with Crippen LogP contribution in [0.4, 0.5) is 0 Å². The van der Waals surface area contributed by atoms with Crippen molar-refractivity contribution in [3.05, 3.63) is 64.8 Å². The Morgan fingerprint density at radius 1 is 1.19 bits per heavy atom. The molecule has 0 bridgehead atoms. The zero-order chi connectivity index (χ0) is 19.0. The summed E-state index contributed by atoms with van der Waals surface area (Å²) in [5.74, 6) is 0.387. The molecule has 0 aliphatic rings. The summed E-state index contributed by atoms with van der Waals surface area (Å²) in [6, 6.07) is 11.6. The predicted molar refractivity (Wildman–Crippen MR) is 102 cm³/mol. The summed E-state index contributed by atoms with van der Waals surface area (Å²) in [4.78, 5) is 16.8. The van der Waals surface area contributed by atoms with E-state index in [4.69, 9.17) is 9.15 Å². The monoisotopic (exact) mass is 363 g/mol. The Morgan fingerprint density at radius 2 is 2.00 bits per heavy atom. The quantitative estimate of drug-likeness (QED) is 0.500. The van der Waals surface area contributed by atoms with E-state index in [-0.39, 0.29) is 19.0 Å². The van der Waals surface area contributed by atoms with Crippen molar-refractivity contribution in [1.82, 2.24) is 14.6 Å². The van der Waals surface area contributed by atoms with Crippen LogP contribution in [0.15, 0.2) is 40.8 Å². The van der Waals surface area contributed by atoms with Gasteiger partial charge < -0.3 is 9.15 Å². The van der Waals surface area contributed by atoms with Crippen molar-refractivity contribution in [3.8, 4) is 0 Å². The predicted octanol–water partition coefficient (Wildman–Crippen LogP) is 4.08. The lowest BCUT2D eigenvalue weighted by atomic mass is 10.1. The fraction of sp³-hybridized carbons (Fsp3) is 0.286. The molecule has 0 unspecified atom stereocenters. The van der Waals surface area contributed by atoms with Crippen LogP contribution in [-0.4, -0.2) is 20.6 Å². The third kappa shape index (κ3) is 3.43. The van der Waals surface area contributed by atoms with Gasteiger partial charge in [0.15, 0.2) is 5.65 Å². The number of aromatic nitrogens is 3. The van der Waals surface area contributed by atoms with E-state index in [1.54, 1.807) is 0 Å². The second kappa shape index (κ2) is 6.87. The zero-order valence-electron chi connectivity index (χ0n) is 15.7. The number of hydrogen-bond donors (Lipinski definition) is 0. The van der Waals surface area contributed by atoms with Crippen LogP contribution in [0.3, 0.4) is 0 Å². The smallest absolute Gasteiger partial charge is 0.306 e. The molecule has 6 nitrogen and oxygen atoms in total. The number of benzene rings is 1. The number of aryl methyl sites for hydroxylation is 3. The highest BCUT2D eigenvalue weighted by Crippen LogP contribution is 2.20. The summed E-state index contributed by atoms with van der Waals surface area (Å²) in [6.45, 7) is 6.05. The number of esters is 1. The molecule has 3 heterocycles. The molecule has 27 heavy (non-hydrogen) atoms. The van der Waals surface area contributed by atoms with Crippen LogP contribution in [0.25, 0.3) is 16.6 Å². The number of hydrogen-bond acceptors (Lipinski definition) is 5. The van der Waals surface area contributed by atoms with Crippen molar-refractivity contribution in [3.63, 3.8) is 0 Å². The molecule has 0 saturated carbocycles. The van der Waals surface area contributed by atoms with Gasteiger partial charge in [0, 0.05) is 29.3 Å². The Labute approximate surface area is 156 Å². The Balaban J connectivity index is 1.41. The number of rotatable bonds is 5. The summed E-state index contributed by atoms with van der Waals surface area (Å²) >= 11 is 0. The molecule has 0 radical (unpaired) electrons. The molecule has 3 aromatic heterocycles. The molecule has 4 aromatic rings. The molecule has 0 aliphatic heterocycles. The van der Waals surface area contributed by atoms with Gasteiger partial charge in [-0.05, 0) is 44.9 Å². The Morgan fingerprint density at radius 3 is 2.81 bits per heavy atom. The lowest BCUT2D eigenvalue weighted by molar-refractivity contribution is -0.145. The van der Waals surface area contributed by atoms with E-state index in [1.807, 2.05) is 61.7 Å². The fourth-order valence-corrected chi connectivity index (χ4v) is 3.36. The second-order valence-corrected chi connectivity index (χ2v) is 6.73. The molecule has 0 saturated heterocycles. The maximum atomic E-state index is 12.2. The van der Waals surface area contributed by atoms with Crippen LogP contribution in [0, 0.1) is 20.8 Å². The van der Waals surface area contributed by atoms with E-state index in [9.17, 15) is 4.79 Å². The third-order valence-corrected chi connectivity index (χ3v) is 4.72. The van der Waals surface area contributed by atoms with Crippen LogP contribution in [-0.2, 0) is 22.6 Å². The number of carbonyl (C=O) groups excluding carboxylic acids is 1. The fourth-order valence-electron chi connectivity index (χ4n) is 3.36. The summed E-state index contributed by atoms with van der Waals surface area (Å²) < 4.78 is 12.9. The van der Waals surface area contributed by atoms with E-state index >= 15 is 0 Å². The van der Waals surface area contributed by atoms with Crippen molar-refractivity contribution < 1.29 is 13.9 Å². The van der Waals surface area contributed by atoms with Gasteiger partial charge in [-0.15, -0.1) is 0 Å². The highest BCUT2D eigenvalue weighted by Gasteiger charge is 2.14. The average molecular weight is 363 g/mol. The first-order valence-electron chi connectivity index (χ1n) is 8.97. The summed E-state index contributed by atoms with van der Waals surface area (Å²) in [6.07, 6.45) is 0.855. The summed E-state index contributed by atoms with van der Waals surface area (Å²) in [7, 11) is 0. The minimum Gasteiger partial charge on any atom is -0.457 e. The van der Waals surface area contributed by atoms with Gasteiger partial charge in [0.05, 0.1) is 5.69 Å². The maximum absolute atomic E-state index is 12.2. The van der Waals surface area contributed by atoms with Gasteiger partial charge in [-0.25, -0.2) is 9.50 Å². The van der Waals surface area contributed by atoms with Crippen molar-refractivity contribution in [1.29, 1.82) is 0 Å². The maximum Gasteiger partial charge on any atom is 0.306 e. The first-order valence-corrected chi connectivity index (χ1v) is 8.97. The molecule has 0 spiro atoms. The van der Waals surface area contributed by atoms with Gasteiger partial charge in [-0.3, -0.25) is 4.79 Å². The van der Waals surface area contributed by atoms with Crippen LogP contribution in [0.1, 0.15) is 34.8 Å². The van der Waals surface area contributed by atoms with Crippen LogP contribution in [0.2, 0.25) is 0 Å². The van der Waals surface area contributed by atoms with E-state index in [0.717, 1.165) is 39.3 Å². The topological polar surface area (TPSA) is 69.6 Å². The van der Waals surface area contributed by atoms with Crippen molar-refractivity contribution in [2.24, 2.45) is 0 Å². The van der Waals surface area contributed by atoms with Crippen LogP contribution >= 0.6 is 0 Å². The highest BCUT2D eigenvalue weighted by molar-refractivity contribution is 5.77. The Bertz CT molecular complexity index is 1110. The Hall–Kier alpha value is -3.15. The second-order valence-electron chi connectivity index (χ2n) is 6.73. The van der Waals surface area contributed by atoms with E-state index in [2.05, 4.69) is 10.1 Å². The van der Waals surface area contributed by atoms with E-state index in [1.165, 1.54) is 0 Å². The van der Waals surface area contributed by atoms with Gasteiger partial charge in [0.2, 0.25) is 0 Å². The molecule has 0 amide bonds. The van der Waals surface area contributed by atoms with Crippen LogP contribution in [0.5, 0.6) is 0 Å². The number of para-hydroxylation sites is 1. The van der Waals surface area contributed by atoms with Crippen molar-refractivity contribution in [2.45, 2.75) is 40.2 Å². The SMILES string of the molecule is Cc1cc2nc(C)c(CCC(=O)OCc3cc4ccccc4o3)c(C)n2n1. The molecular formula is C21H21N3O3. The minimum atomic E-state index is -0.258. The molecule has 0 aliphatic carbocycles. The number of fused-ring (bicyclic) bond motifs is 2. The highest BCUT2D eigenvalue weighted by atomic mass is 16.5. The van der Waals surface area contributed by atoms with Gasteiger partial charge in [-0.2, -0.15) is 5.10 Å². The molecule has 0 N–H and O–H groups in total. The largest absolute Gasteiger partial charge is 0.457 e. The number of ether oxygens (including phenoxy) is 1. The molecule has 138 valence electrons. The summed E-state index contributed by atoms with van der Waals surface area (Å²) in [5, 5.41) is 5.47.